The molecule has 2 aromatic heterocycles. The summed E-state index contributed by atoms with van der Waals surface area (Å²) in [5.41, 5.74) is 1.05. The summed E-state index contributed by atoms with van der Waals surface area (Å²) in [6.07, 6.45) is 6.17. The summed E-state index contributed by atoms with van der Waals surface area (Å²) in [5, 5.41) is 1.06. The van der Waals surface area contributed by atoms with Crippen LogP contribution in [0.2, 0.25) is 0 Å². The fourth-order valence-corrected chi connectivity index (χ4v) is 4.01. The number of hydrogen-bond donors (Lipinski definition) is 0. The fraction of sp³-hybridized carbons (Fsp3) is 0.353. The van der Waals surface area contributed by atoms with Gasteiger partial charge in [0.15, 0.2) is 5.13 Å². The molecule has 0 unspecified atom stereocenters. The molecule has 7 heteroatoms. The number of nitrogens with zero attached hydrogens (tertiary/aromatic N) is 5. The Kier molecular flexibility index (Phi) is 4.17. The maximum absolute atomic E-state index is 12.4. The molecule has 0 aliphatic carbocycles. The predicted molar refractivity (Wildman–Crippen MR) is 95.3 cm³/mol. The van der Waals surface area contributed by atoms with Gasteiger partial charge in [0.1, 0.15) is 6.54 Å². The van der Waals surface area contributed by atoms with Crippen LogP contribution >= 0.6 is 11.3 Å². The van der Waals surface area contributed by atoms with Crippen molar-refractivity contribution < 1.29 is 4.79 Å². The number of rotatable bonds is 3. The van der Waals surface area contributed by atoms with E-state index in [0.717, 1.165) is 43.2 Å². The fourth-order valence-electron chi connectivity index (χ4n) is 2.99. The van der Waals surface area contributed by atoms with Gasteiger partial charge in [-0.3, -0.25) is 4.79 Å². The van der Waals surface area contributed by atoms with Gasteiger partial charge in [-0.25, -0.2) is 9.97 Å². The molecular formula is C17H19N5OS. The van der Waals surface area contributed by atoms with Crippen LogP contribution in [0.25, 0.3) is 10.2 Å². The van der Waals surface area contributed by atoms with Crippen molar-refractivity contribution in [1.82, 2.24) is 19.4 Å². The summed E-state index contributed by atoms with van der Waals surface area (Å²) >= 11 is 1.73. The van der Waals surface area contributed by atoms with Crippen molar-refractivity contribution in [2.24, 2.45) is 0 Å². The third-order valence-electron chi connectivity index (χ3n) is 4.28. The van der Waals surface area contributed by atoms with Crippen molar-refractivity contribution in [3.8, 4) is 0 Å². The highest BCUT2D eigenvalue weighted by molar-refractivity contribution is 7.22. The summed E-state index contributed by atoms with van der Waals surface area (Å²) in [6.45, 7) is 3.67. The summed E-state index contributed by atoms with van der Waals surface area (Å²) < 4.78 is 3.03. The van der Waals surface area contributed by atoms with Crippen molar-refractivity contribution in [1.29, 1.82) is 0 Å². The molecular weight excluding hydrogens is 322 g/mol. The SMILES string of the molecule is O=C(Cn1ccnc1)N1CCCN(c2nc3ccccc3s2)CC1. The third-order valence-corrected chi connectivity index (χ3v) is 5.38. The number of carbonyl (C=O) groups is 1. The van der Waals surface area contributed by atoms with Gasteiger partial charge in [0, 0.05) is 38.6 Å². The lowest BCUT2D eigenvalue weighted by molar-refractivity contribution is -0.131. The summed E-state index contributed by atoms with van der Waals surface area (Å²) in [7, 11) is 0. The summed E-state index contributed by atoms with van der Waals surface area (Å²) in [5.74, 6) is 0.152. The summed E-state index contributed by atoms with van der Waals surface area (Å²) in [4.78, 5) is 25.4. The van der Waals surface area contributed by atoms with E-state index >= 15 is 0 Å². The van der Waals surface area contributed by atoms with Crippen LogP contribution in [-0.2, 0) is 11.3 Å². The molecule has 24 heavy (non-hydrogen) atoms. The number of thiazole rings is 1. The van der Waals surface area contributed by atoms with Gasteiger partial charge in [0.2, 0.25) is 5.91 Å². The molecule has 124 valence electrons. The molecule has 3 aromatic rings. The zero-order valence-electron chi connectivity index (χ0n) is 13.3. The first-order valence-electron chi connectivity index (χ1n) is 8.13. The molecule has 3 heterocycles. The van der Waals surface area contributed by atoms with Gasteiger partial charge in [-0.05, 0) is 18.6 Å². The van der Waals surface area contributed by atoms with Crippen LogP contribution in [0, 0.1) is 0 Å². The van der Waals surface area contributed by atoms with Crippen LogP contribution in [0.4, 0.5) is 5.13 Å². The number of carbonyl (C=O) groups excluding carboxylic acids is 1. The Hall–Kier alpha value is -2.41. The van der Waals surface area contributed by atoms with Crippen molar-refractivity contribution in [2.75, 3.05) is 31.1 Å². The van der Waals surface area contributed by atoms with E-state index < -0.39 is 0 Å². The predicted octanol–water partition coefficient (Wildman–Crippen LogP) is 2.23. The minimum atomic E-state index is 0.152. The van der Waals surface area contributed by atoms with Crippen molar-refractivity contribution >= 4 is 32.6 Å². The second-order valence-electron chi connectivity index (χ2n) is 5.92. The van der Waals surface area contributed by atoms with E-state index in [4.69, 9.17) is 4.98 Å². The molecule has 0 bridgehead atoms. The van der Waals surface area contributed by atoms with Gasteiger partial charge in [0.05, 0.1) is 16.5 Å². The van der Waals surface area contributed by atoms with Crippen LogP contribution in [-0.4, -0.2) is 51.5 Å². The van der Waals surface area contributed by atoms with E-state index in [1.54, 1.807) is 23.9 Å². The number of fused-ring (bicyclic) bond motifs is 1. The normalized spacial score (nSPS) is 15.7. The average molecular weight is 341 g/mol. The smallest absolute Gasteiger partial charge is 0.242 e. The Bertz CT molecular complexity index is 796. The number of para-hydroxylation sites is 1. The minimum Gasteiger partial charge on any atom is -0.346 e. The molecule has 0 N–H and O–H groups in total. The second kappa shape index (κ2) is 6.60. The molecule has 1 aliphatic rings. The number of imidazole rings is 1. The lowest BCUT2D eigenvalue weighted by Gasteiger charge is -2.21. The zero-order valence-corrected chi connectivity index (χ0v) is 14.2. The molecule has 0 radical (unpaired) electrons. The first-order chi connectivity index (χ1) is 11.8. The zero-order chi connectivity index (χ0) is 16.4. The second-order valence-corrected chi connectivity index (χ2v) is 6.93. The topological polar surface area (TPSA) is 54.3 Å². The van der Waals surface area contributed by atoms with Gasteiger partial charge < -0.3 is 14.4 Å². The molecule has 4 rings (SSSR count). The van der Waals surface area contributed by atoms with Crippen LogP contribution in [0.15, 0.2) is 43.0 Å². The number of benzene rings is 1. The highest BCUT2D eigenvalue weighted by Gasteiger charge is 2.21. The largest absolute Gasteiger partial charge is 0.346 e. The average Bonchev–Trinajstić information content (AvgIpc) is 3.18. The van der Waals surface area contributed by atoms with E-state index in [-0.39, 0.29) is 5.91 Å². The van der Waals surface area contributed by atoms with Gasteiger partial charge in [-0.1, -0.05) is 23.5 Å². The Balaban J connectivity index is 1.43. The monoisotopic (exact) mass is 341 g/mol. The molecule has 6 nitrogen and oxygen atoms in total. The van der Waals surface area contributed by atoms with Gasteiger partial charge in [-0.2, -0.15) is 0 Å². The Morgan fingerprint density at radius 1 is 1.17 bits per heavy atom. The number of aromatic nitrogens is 3. The van der Waals surface area contributed by atoms with Gasteiger partial charge >= 0.3 is 0 Å². The quantitative estimate of drug-likeness (QED) is 0.733. The van der Waals surface area contributed by atoms with Crippen LogP contribution in [0.1, 0.15) is 6.42 Å². The van der Waals surface area contributed by atoms with Gasteiger partial charge in [-0.15, -0.1) is 0 Å². The Morgan fingerprint density at radius 3 is 2.92 bits per heavy atom. The van der Waals surface area contributed by atoms with Crippen LogP contribution in [0.5, 0.6) is 0 Å². The van der Waals surface area contributed by atoms with Crippen LogP contribution < -0.4 is 4.90 Å². The molecule has 1 aliphatic heterocycles. The molecule has 0 spiro atoms. The molecule has 0 saturated carbocycles. The maximum Gasteiger partial charge on any atom is 0.242 e. The van der Waals surface area contributed by atoms with E-state index in [2.05, 4.69) is 16.0 Å². The van der Waals surface area contributed by atoms with Crippen molar-refractivity contribution in [3.05, 3.63) is 43.0 Å². The standard InChI is InChI=1S/C17H19N5OS/c23-16(12-20-9-6-18-13-20)21-7-3-8-22(11-10-21)17-19-14-4-1-2-5-15(14)24-17/h1-2,4-6,9,13H,3,7-8,10-12H2. The molecule has 0 atom stereocenters. The van der Waals surface area contributed by atoms with Crippen molar-refractivity contribution in [3.63, 3.8) is 0 Å². The highest BCUT2D eigenvalue weighted by atomic mass is 32.1. The number of hydrogen-bond acceptors (Lipinski definition) is 5. The van der Waals surface area contributed by atoms with E-state index in [1.807, 2.05) is 33.9 Å². The Labute approximate surface area is 144 Å². The minimum absolute atomic E-state index is 0.152. The molecule has 1 amide bonds. The van der Waals surface area contributed by atoms with Crippen LogP contribution in [0.3, 0.4) is 0 Å². The first-order valence-corrected chi connectivity index (χ1v) is 8.95. The van der Waals surface area contributed by atoms with E-state index in [9.17, 15) is 4.79 Å². The van der Waals surface area contributed by atoms with Gasteiger partial charge in [0.25, 0.3) is 0 Å². The highest BCUT2D eigenvalue weighted by Crippen LogP contribution is 2.29. The molecule has 1 saturated heterocycles. The molecule has 1 fully saturated rings. The van der Waals surface area contributed by atoms with Crippen molar-refractivity contribution in [2.45, 2.75) is 13.0 Å². The maximum atomic E-state index is 12.4. The number of amides is 1. The summed E-state index contributed by atoms with van der Waals surface area (Å²) in [6, 6.07) is 8.22. The lowest BCUT2D eigenvalue weighted by atomic mass is 10.3. The van der Waals surface area contributed by atoms with E-state index in [0.29, 0.717) is 6.54 Å². The number of anilines is 1. The third kappa shape index (κ3) is 3.12. The Morgan fingerprint density at radius 2 is 2.08 bits per heavy atom. The first kappa shape index (κ1) is 15.1. The molecule has 1 aromatic carbocycles. The lowest BCUT2D eigenvalue weighted by Crippen LogP contribution is -2.37. The van der Waals surface area contributed by atoms with E-state index in [1.165, 1.54) is 4.70 Å².